The van der Waals surface area contributed by atoms with Crippen LogP contribution in [0.5, 0.6) is 0 Å². The summed E-state index contributed by atoms with van der Waals surface area (Å²) in [5.41, 5.74) is 0. The number of halogens is 3. The average Bonchev–Trinajstić information content (AvgIpc) is 2.30. The van der Waals surface area contributed by atoms with E-state index in [0.29, 0.717) is 12.0 Å². The Morgan fingerprint density at radius 3 is 2.59 bits per heavy atom. The number of piperidine rings is 1. The molecule has 1 aromatic rings. The standard InChI is InChI=1S/C10H15BrN4.2ClH/c11-8-5-13-10(14-6-8)15-7-9-3-1-2-4-12-9;;/h5-6,9,12H,1-4,7H2,(H,13,14,15);2*1H. The van der Waals surface area contributed by atoms with Crippen molar-refractivity contribution in [3.8, 4) is 0 Å². The predicted octanol–water partition coefficient (Wildman–Crippen LogP) is 2.64. The Balaban J connectivity index is 0.00000128. The van der Waals surface area contributed by atoms with Crippen LogP contribution in [0.4, 0.5) is 5.95 Å². The Labute approximate surface area is 122 Å². The van der Waals surface area contributed by atoms with E-state index in [9.17, 15) is 0 Å². The lowest BCUT2D eigenvalue weighted by atomic mass is 10.1. The van der Waals surface area contributed by atoms with E-state index in [0.717, 1.165) is 17.6 Å². The van der Waals surface area contributed by atoms with Crippen molar-refractivity contribution in [1.82, 2.24) is 15.3 Å². The van der Waals surface area contributed by atoms with Gasteiger partial charge in [0.05, 0.1) is 4.47 Å². The van der Waals surface area contributed by atoms with Gasteiger partial charge in [-0.3, -0.25) is 0 Å². The zero-order chi connectivity index (χ0) is 10.5. The number of nitrogens with zero attached hydrogens (tertiary/aromatic N) is 2. The van der Waals surface area contributed by atoms with Crippen molar-refractivity contribution in [3.05, 3.63) is 16.9 Å². The van der Waals surface area contributed by atoms with Crippen LogP contribution in [0.25, 0.3) is 0 Å². The van der Waals surface area contributed by atoms with Gasteiger partial charge in [-0.1, -0.05) is 6.42 Å². The summed E-state index contributed by atoms with van der Waals surface area (Å²) in [4.78, 5) is 8.33. The molecule has 0 saturated carbocycles. The summed E-state index contributed by atoms with van der Waals surface area (Å²) in [7, 11) is 0. The third-order valence-corrected chi connectivity index (χ3v) is 2.95. The third kappa shape index (κ3) is 5.86. The fraction of sp³-hybridized carbons (Fsp3) is 0.600. The highest BCUT2D eigenvalue weighted by molar-refractivity contribution is 9.10. The summed E-state index contributed by atoms with van der Waals surface area (Å²) >= 11 is 3.31. The van der Waals surface area contributed by atoms with Gasteiger partial charge in [0.2, 0.25) is 5.95 Å². The van der Waals surface area contributed by atoms with Crippen LogP contribution in [0.3, 0.4) is 0 Å². The van der Waals surface area contributed by atoms with E-state index in [1.165, 1.54) is 19.3 Å². The van der Waals surface area contributed by atoms with Gasteiger partial charge >= 0.3 is 0 Å². The molecule has 0 aliphatic carbocycles. The normalized spacial score (nSPS) is 18.8. The van der Waals surface area contributed by atoms with Gasteiger partial charge in [-0.05, 0) is 35.3 Å². The molecule has 1 fully saturated rings. The van der Waals surface area contributed by atoms with Gasteiger partial charge in [-0.25, -0.2) is 9.97 Å². The minimum absolute atomic E-state index is 0. The summed E-state index contributed by atoms with van der Waals surface area (Å²) in [6.45, 7) is 2.04. The van der Waals surface area contributed by atoms with Crippen molar-refractivity contribution in [2.75, 3.05) is 18.4 Å². The second-order valence-electron chi connectivity index (χ2n) is 3.75. The molecule has 0 aromatic carbocycles. The molecule has 1 saturated heterocycles. The first-order valence-corrected chi connectivity index (χ1v) is 6.09. The van der Waals surface area contributed by atoms with E-state index in [4.69, 9.17) is 0 Å². The number of aromatic nitrogens is 2. The monoisotopic (exact) mass is 342 g/mol. The van der Waals surface area contributed by atoms with Crippen LogP contribution in [0.2, 0.25) is 0 Å². The molecule has 1 unspecified atom stereocenters. The Bertz CT molecular complexity index is 304. The van der Waals surface area contributed by atoms with Crippen LogP contribution in [0.15, 0.2) is 16.9 Å². The van der Waals surface area contributed by atoms with Crippen molar-refractivity contribution >= 4 is 46.7 Å². The number of rotatable bonds is 3. The molecule has 17 heavy (non-hydrogen) atoms. The van der Waals surface area contributed by atoms with Crippen molar-refractivity contribution in [3.63, 3.8) is 0 Å². The molecule has 7 heteroatoms. The van der Waals surface area contributed by atoms with Crippen molar-refractivity contribution in [2.24, 2.45) is 0 Å². The fourth-order valence-electron chi connectivity index (χ4n) is 1.72. The third-order valence-electron chi connectivity index (χ3n) is 2.54. The molecular formula is C10H17BrCl2N4. The molecule has 2 rings (SSSR count). The molecule has 98 valence electrons. The second-order valence-corrected chi connectivity index (χ2v) is 4.67. The van der Waals surface area contributed by atoms with Crippen LogP contribution >= 0.6 is 40.7 Å². The number of nitrogens with one attached hydrogen (secondary N) is 2. The molecule has 1 aliphatic rings. The smallest absolute Gasteiger partial charge is 0.222 e. The first-order chi connectivity index (χ1) is 7.34. The van der Waals surface area contributed by atoms with Crippen LogP contribution in [0.1, 0.15) is 19.3 Å². The highest BCUT2D eigenvalue weighted by Gasteiger charge is 2.11. The van der Waals surface area contributed by atoms with Gasteiger partial charge in [0.15, 0.2) is 0 Å². The average molecular weight is 344 g/mol. The minimum atomic E-state index is 0. The van der Waals surface area contributed by atoms with Crippen LogP contribution in [0, 0.1) is 0 Å². The van der Waals surface area contributed by atoms with Gasteiger partial charge < -0.3 is 10.6 Å². The lowest BCUT2D eigenvalue weighted by Crippen LogP contribution is -2.39. The van der Waals surface area contributed by atoms with E-state index < -0.39 is 0 Å². The molecule has 1 aromatic heterocycles. The van der Waals surface area contributed by atoms with Crippen LogP contribution in [-0.4, -0.2) is 29.1 Å². The molecule has 2 heterocycles. The second kappa shape index (κ2) is 8.91. The number of hydrogen-bond donors (Lipinski definition) is 2. The van der Waals surface area contributed by atoms with Crippen LogP contribution < -0.4 is 10.6 Å². The molecule has 0 amide bonds. The largest absolute Gasteiger partial charge is 0.353 e. The minimum Gasteiger partial charge on any atom is -0.353 e. The Morgan fingerprint density at radius 2 is 2.00 bits per heavy atom. The molecule has 1 atom stereocenters. The van der Waals surface area contributed by atoms with Crippen molar-refractivity contribution in [2.45, 2.75) is 25.3 Å². The maximum Gasteiger partial charge on any atom is 0.222 e. The molecule has 0 radical (unpaired) electrons. The number of anilines is 1. The Kier molecular flexibility index (Phi) is 8.86. The first kappa shape index (κ1) is 16.9. The van der Waals surface area contributed by atoms with E-state index in [-0.39, 0.29) is 24.8 Å². The quantitative estimate of drug-likeness (QED) is 0.885. The summed E-state index contributed by atoms with van der Waals surface area (Å²) < 4.78 is 0.906. The molecule has 1 aliphatic heterocycles. The van der Waals surface area contributed by atoms with E-state index in [1.807, 2.05) is 0 Å². The molecular weight excluding hydrogens is 327 g/mol. The fourth-order valence-corrected chi connectivity index (χ4v) is 1.92. The Hall–Kier alpha value is -0.100. The molecule has 4 nitrogen and oxygen atoms in total. The van der Waals surface area contributed by atoms with Crippen LogP contribution in [-0.2, 0) is 0 Å². The molecule has 2 N–H and O–H groups in total. The molecule has 0 spiro atoms. The SMILES string of the molecule is Brc1cnc(NCC2CCCCN2)nc1.Cl.Cl. The summed E-state index contributed by atoms with van der Waals surface area (Å²) in [6.07, 6.45) is 7.36. The number of hydrogen-bond acceptors (Lipinski definition) is 4. The van der Waals surface area contributed by atoms with Gasteiger partial charge in [0.1, 0.15) is 0 Å². The van der Waals surface area contributed by atoms with Crippen molar-refractivity contribution in [1.29, 1.82) is 0 Å². The van der Waals surface area contributed by atoms with E-state index in [2.05, 4.69) is 36.5 Å². The highest BCUT2D eigenvalue weighted by Crippen LogP contribution is 2.09. The van der Waals surface area contributed by atoms with Gasteiger partial charge in [0.25, 0.3) is 0 Å². The summed E-state index contributed by atoms with van der Waals surface area (Å²) in [5, 5.41) is 6.71. The summed E-state index contributed by atoms with van der Waals surface area (Å²) in [5.74, 6) is 0.700. The van der Waals surface area contributed by atoms with E-state index >= 15 is 0 Å². The van der Waals surface area contributed by atoms with Crippen molar-refractivity contribution < 1.29 is 0 Å². The maximum atomic E-state index is 4.17. The molecule has 0 bridgehead atoms. The summed E-state index contributed by atoms with van der Waals surface area (Å²) in [6, 6.07) is 0.561. The first-order valence-electron chi connectivity index (χ1n) is 5.29. The zero-order valence-corrected chi connectivity index (χ0v) is 12.6. The van der Waals surface area contributed by atoms with Gasteiger partial charge in [-0.15, -0.1) is 24.8 Å². The predicted molar refractivity (Wildman–Crippen MR) is 78.4 cm³/mol. The zero-order valence-electron chi connectivity index (χ0n) is 9.36. The lowest BCUT2D eigenvalue weighted by Gasteiger charge is -2.23. The Morgan fingerprint density at radius 1 is 1.29 bits per heavy atom. The highest BCUT2D eigenvalue weighted by atomic mass is 79.9. The van der Waals surface area contributed by atoms with Gasteiger partial charge in [-0.2, -0.15) is 0 Å². The lowest BCUT2D eigenvalue weighted by molar-refractivity contribution is 0.413. The topological polar surface area (TPSA) is 49.8 Å². The maximum absolute atomic E-state index is 4.17. The van der Waals surface area contributed by atoms with E-state index in [1.54, 1.807) is 12.4 Å². The van der Waals surface area contributed by atoms with Gasteiger partial charge in [0, 0.05) is 25.0 Å².